The molecule has 2 aromatic rings. The highest BCUT2D eigenvalue weighted by atomic mass is 32.1. The molecule has 0 radical (unpaired) electrons. The van der Waals surface area contributed by atoms with Gasteiger partial charge in [0.2, 0.25) is 0 Å². The smallest absolute Gasteiger partial charge is 0.159 e. The maximum Gasteiger partial charge on any atom is 0.159 e. The van der Waals surface area contributed by atoms with E-state index in [9.17, 15) is 8.78 Å². The van der Waals surface area contributed by atoms with Crippen molar-refractivity contribution in [2.24, 2.45) is 5.73 Å². The molecule has 1 heterocycles. The Balaban J connectivity index is 1.95. The molecular weight excluding hydrogens is 252 g/mol. The maximum absolute atomic E-state index is 13.2. The minimum atomic E-state index is -0.809. The molecule has 94 valence electrons. The van der Waals surface area contributed by atoms with Crippen molar-refractivity contribution < 1.29 is 8.78 Å². The van der Waals surface area contributed by atoms with Gasteiger partial charge in [-0.05, 0) is 47.5 Å². The molecule has 0 amide bonds. The fourth-order valence-electron chi connectivity index (χ4n) is 2.18. The van der Waals surface area contributed by atoms with Crippen LogP contribution in [0, 0.1) is 11.6 Å². The van der Waals surface area contributed by atoms with Crippen molar-refractivity contribution >= 4 is 11.3 Å². The van der Waals surface area contributed by atoms with Gasteiger partial charge in [0, 0.05) is 16.8 Å². The molecule has 0 aliphatic heterocycles. The van der Waals surface area contributed by atoms with E-state index in [1.807, 2.05) is 0 Å². The van der Waals surface area contributed by atoms with Crippen molar-refractivity contribution in [3.63, 3.8) is 0 Å². The summed E-state index contributed by atoms with van der Waals surface area (Å²) in [6.45, 7) is 0.654. The zero-order valence-corrected chi connectivity index (χ0v) is 10.6. The van der Waals surface area contributed by atoms with E-state index in [0.717, 1.165) is 23.3 Å². The van der Waals surface area contributed by atoms with E-state index in [-0.39, 0.29) is 5.41 Å². The van der Waals surface area contributed by atoms with E-state index in [1.54, 1.807) is 17.4 Å². The minimum Gasteiger partial charge on any atom is -0.330 e. The molecule has 0 atom stereocenters. The van der Waals surface area contributed by atoms with Crippen LogP contribution in [0.3, 0.4) is 0 Å². The van der Waals surface area contributed by atoms with E-state index in [2.05, 4.69) is 11.4 Å². The van der Waals surface area contributed by atoms with Crippen LogP contribution < -0.4 is 5.73 Å². The molecule has 1 aromatic heterocycles. The molecule has 0 saturated heterocycles. The quantitative estimate of drug-likeness (QED) is 0.900. The highest BCUT2D eigenvalue weighted by Gasteiger charge is 2.43. The van der Waals surface area contributed by atoms with Crippen LogP contribution >= 0.6 is 11.3 Å². The van der Waals surface area contributed by atoms with Crippen molar-refractivity contribution in [1.82, 2.24) is 0 Å². The summed E-state index contributed by atoms with van der Waals surface area (Å²) in [5, 5.41) is 2.08. The largest absolute Gasteiger partial charge is 0.330 e. The van der Waals surface area contributed by atoms with Crippen LogP contribution in [-0.4, -0.2) is 6.54 Å². The Bertz CT molecular complexity index is 587. The van der Waals surface area contributed by atoms with Crippen LogP contribution in [0.4, 0.5) is 8.78 Å². The van der Waals surface area contributed by atoms with Gasteiger partial charge in [-0.15, -0.1) is 11.3 Å². The lowest BCUT2D eigenvalue weighted by Crippen LogP contribution is -2.18. The summed E-state index contributed by atoms with van der Waals surface area (Å²) in [6.07, 6.45) is 2.24. The van der Waals surface area contributed by atoms with Crippen LogP contribution in [0.2, 0.25) is 0 Å². The van der Waals surface area contributed by atoms with Crippen LogP contribution in [0.5, 0.6) is 0 Å². The summed E-state index contributed by atoms with van der Waals surface area (Å²) in [5.74, 6) is -1.61. The zero-order chi connectivity index (χ0) is 12.8. The van der Waals surface area contributed by atoms with Gasteiger partial charge >= 0.3 is 0 Å². The first-order chi connectivity index (χ1) is 8.64. The first kappa shape index (κ1) is 11.8. The molecule has 0 unspecified atom stereocenters. The average molecular weight is 265 g/mol. The number of hydrogen-bond donors (Lipinski definition) is 1. The molecule has 0 bridgehead atoms. The van der Waals surface area contributed by atoms with Crippen LogP contribution in [0.15, 0.2) is 29.6 Å². The number of hydrogen-bond acceptors (Lipinski definition) is 2. The molecule has 1 nitrogen and oxygen atoms in total. The highest BCUT2D eigenvalue weighted by Crippen LogP contribution is 2.49. The van der Waals surface area contributed by atoms with Crippen LogP contribution in [0.25, 0.3) is 10.4 Å². The summed E-state index contributed by atoms with van der Waals surface area (Å²) in [7, 11) is 0. The summed E-state index contributed by atoms with van der Waals surface area (Å²) < 4.78 is 26.1. The predicted octanol–water partition coefficient (Wildman–Crippen LogP) is 3.68. The van der Waals surface area contributed by atoms with Crippen LogP contribution in [-0.2, 0) is 5.41 Å². The Morgan fingerprint density at radius 1 is 1.17 bits per heavy atom. The molecule has 2 N–H and O–H groups in total. The first-order valence-corrected chi connectivity index (χ1v) is 6.77. The zero-order valence-electron chi connectivity index (χ0n) is 9.75. The van der Waals surface area contributed by atoms with E-state index in [4.69, 9.17) is 5.73 Å². The van der Waals surface area contributed by atoms with Gasteiger partial charge in [0.05, 0.1) is 0 Å². The Morgan fingerprint density at radius 2 is 1.94 bits per heavy atom. The highest BCUT2D eigenvalue weighted by molar-refractivity contribution is 7.13. The third-order valence-electron chi connectivity index (χ3n) is 3.66. The Morgan fingerprint density at radius 3 is 2.56 bits per heavy atom. The van der Waals surface area contributed by atoms with Gasteiger partial charge < -0.3 is 5.73 Å². The number of thiophene rings is 1. The van der Waals surface area contributed by atoms with Crippen molar-refractivity contribution in [3.8, 4) is 10.4 Å². The SMILES string of the molecule is NCC1(c2csc(-c3ccc(F)c(F)c3)c2)CC1. The summed E-state index contributed by atoms with van der Waals surface area (Å²) in [4.78, 5) is 0.962. The van der Waals surface area contributed by atoms with Gasteiger partial charge in [0.1, 0.15) is 0 Å². The van der Waals surface area contributed by atoms with Gasteiger partial charge in [0.15, 0.2) is 11.6 Å². The standard InChI is InChI=1S/C14H13F2NS/c15-11-2-1-9(5-12(11)16)13-6-10(7-18-13)14(8-17)3-4-14/h1-2,5-7H,3-4,8,17H2. The van der Waals surface area contributed by atoms with E-state index in [1.165, 1.54) is 17.7 Å². The summed E-state index contributed by atoms with van der Waals surface area (Å²) in [6, 6.07) is 6.07. The van der Waals surface area contributed by atoms with Gasteiger partial charge in [-0.3, -0.25) is 0 Å². The van der Waals surface area contributed by atoms with Crippen LogP contribution in [0.1, 0.15) is 18.4 Å². The lowest BCUT2D eigenvalue weighted by atomic mass is 9.98. The maximum atomic E-state index is 13.2. The molecule has 1 aliphatic carbocycles. The number of rotatable bonds is 3. The lowest BCUT2D eigenvalue weighted by molar-refractivity contribution is 0.509. The number of nitrogens with two attached hydrogens (primary N) is 1. The fraction of sp³-hybridized carbons (Fsp3) is 0.286. The van der Waals surface area contributed by atoms with Crippen molar-refractivity contribution in [2.45, 2.75) is 18.3 Å². The molecule has 18 heavy (non-hydrogen) atoms. The van der Waals surface area contributed by atoms with E-state index < -0.39 is 11.6 Å². The molecule has 4 heteroatoms. The lowest BCUT2D eigenvalue weighted by Gasteiger charge is -2.08. The Kier molecular flexibility index (Phi) is 2.72. The molecule has 0 spiro atoms. The van der Waals surface area contributed by atoms with E-state index >= 15 is 0 Å². The molecular formula is C14H13F2NS. The average Bonchev–Trinajstić information content (AvgIpc) is 3.02. The van der Waals surface area contributed by atoms with Crippen molar-refractivity contribution in [3.05, 3.63) is 46.8 Å². The molecule has 1 saturated carbocycles. The normalized spacial score (nSPS) is 16.8. The second-order valence-corrected chi connectivity index (χ2v) is 5.72. The predicted molar refractivity (Wildman–Crippen MR) is 69.6 cm³/mol. The number of benzene rings is 1. The Hall–Kier alpha value is -1.26. The fourth-order valence-corrected chi connectivity index (χ4v) is 3.21. The Labute approximate surface area is 108 Å². The molecule has 1 fully saturated rings. The first-order valence-electron chi connectivity index (χ1n) is 5.89. The summed E-state index contributed by atoms with van der Waals surface area (Å²) in [5.41, 5.74) is 7.89. The summed E-state index contributed by atoms with van der Waals surface area (Å²) >= 11 is 1.55. The molecule has 1 aromatic carbocycles. The van der Waals surface area contributed by atoms with E-state index in [0.29, 0.717) is 6.54 Å². The molecule has 3 rings (SSSR count). The molecule has 1 aliphatic rings. The van der Waals surface area contributed by atoms with Gasteiger partial charge in [-0.25, -0.2) is 8.78 Å². The minimum absolute atomic E-state index is 0.146. The van der Waals surface area contributed by atoms with Gasteiger partial charge in [-0.2, -0.15) is 0 Å². The second kappa shape index (κ2) is 4.14. The second-order valence-electron chi connectivity index (χ2n) is 4.81. The van der Waals surface area contributed by atoms with Gasteiger partial charge in [0.25, 0.3) is 0 Å². The monoisotopic (exact) mass is 265 g/mol. The third-order valence-corrected chi connectivity index (χ3v) is 4.64. The van der Waals surface area contributed by atoms with Crippen molar-refractivity contribution in [1.29, 1.82) is 0 Å². The third kappa shape index (κ3) is 1.85. The van der Waals surface area contributed by atoms with Crippen molar-refractivity contribution in [2.75, 3.05) is 6.54 Å². The number of halogens is 2. The topological polar surface area (TPSA) is 26.0 Å². The van der Waals surface area contributed by atoms with Gasteiger partial charge in [-0.1, -0.05) is 6.07 Å².